The highest BCUT2D eigenvalue weighted by molar-refractivity contribution is 7.20. The molecule has 1 atom stereocenters. The SMILES string of the molecule is CCOC(=O)[C@H]1CCCN(C(=O)C2CCN(c3nn4c(=O)c5c(nc4s3)CCCC5)CC2)C1. The Balaban J connectivity index is 1.23. The number of ether oxygens (including phenoxy) is 1. The van der Waals surface area contributed by atoms with Gasteiger partial charge in [-0.25, -0.2) is 4.98 Å². The molecule has 4 heterocycles. The number of nitrogens with zero attached hydrogens (tertiary/aromatic N) is 5. The molecule has 178 valence electrons. The maximum absolute atomic E-state index is 13.1. The molecule has 1 amide bonds. The summed E-state index contributed by atoms with van der Waals surface area (Å²) in [6, 6.07) is 0. The predicted octanol–water partition coefficient (Wildman–Crippen LogP) is 2.05. The Morgan fingerprint density at radius 1 is 1.06 bits per heavy atom. The van der Waals surface area contributed by atoms with Crippen LogP contribution in [0.4, 0.5) is 5.13 Å². The van der Waals surface area contributed by atoms with E-state index in [2.05, 4.69) is 10.00 Å². The summed E-state index contributed by atoms with van der Waals surface area (Å²) < 4.78 is 6.63. The van der Waals surface area contributed by atoms with Crippen molar-refractivity contribution >= 4 is 33.3 Å². The summed E-state index contributed by atoms with van der Waals surface area (Å²) in [4.78, 5) is 47.5. The number of hydrogen-bond acceptors (Lipinski definition) is 8. The quantitative estimate of drug-likeness (QED) is 0.627. The fraction of sp³-hybridized carbons (Fsp3) is 0.696. The van der Waals surface area contributed by atoms with E-state index in [9.17, 15) is 14.4 Å². The Bertz CT molecular complexity index is 1100. The molecule has 0 aromatic carbocycles. The molecule has 9 nitrogen and oxygen atoms in total. The number of aromatic nitrogens is 3. The van der Waals surface area contributed by atoms with Crippen LogP contribution in [0.2, 0.25) is 0 Å². The minimum atomic E-state index is -0.206. The van der Waals surface area contributed by atoms with Gasteiger partial charge in [0.25, 0.3) is 5.56 Å². The van der Waals surface area contributed by atoms with Crippen LogP contribution in [-0.2, 0) is 27.2 Å². The molecule has 1 aliphatic carbocycles. The van der Waals surface area contributed by atoms with Crippen molar-refractivity contribution in [2.45, 2.75) is 58.3 Å². The number of hydrogen-bond donors (Lipinski definition) is 0. The van der Waals surface area contributed by atoms with Crippen LogP contribution in [0.3, 0.4) is 0 Å². The van der Waals surface area contributed by atoms with E-state index < -0.39 is 0 Å². The zero-order chi connectivity index (χ0) is 22.9. The lowest BCUT2D eigenvalue weighted by Gasteiger charge is -2.37. The molecule has 2 aromatic rings. The van der Waals surface area contributed by atoms with Crippen LogP contribution in [0.5, 0.6) is 0 Å². The van der Waals surface area contributed by atoms with Gasteiger partial charge in [0.1, 0.15) is 0 Å². The molecular weight excluding hydrogens is 442 g/mol. The maximum Gasteiger partial charge on any atom is 0.310 e. The molecule has 3 aliphatic rings. The van der Waals surface area contributed by atoms with Crippen LogP contribution in [0, 0.1) is 11.8 Å². The lowest BCUT2D eigenvalue weighted by molar-refractivity contribution is -0.152. The first-order valence-corrected chi connectivity index (χ1v) is 13.0. The summed E-state index contributed by atoms with van der Waals surface area (Å²) in [5.41, 5.74) is 1.74. The first kappa shape index (κ1) is 22.3. The summed E-state index contributed by atoms with van der Waals surface area (Å²) in [5, 5.41) is 5.39. The van der Waals surface area contributed by atoms with Gasteiger partial charge in [-0.05, 0) is 58.3 Å². The van der Waals surface area contributed by atoms with Gasteiger partial charge in [-0.2, -0.15) is 4.52 Å². The van der Waals surface area contributed by atoms with Gasteiger partial charge in [-0.15, -0.1) is 5.10 Å². The summed E-state index contributed by atoms with van der Waals surface area (Å²) in [5.74, 6) is -0.281. The number of amides is 1. The van der Waals surface area contributed by atoms with Gasteiger partial charge in [0.05, 0.1) is 18.2 Å². The summed E-state index contributed by atoms with van der Waals surface area (Å²) >= 11 is 1.46. The number of aryl methyl sites for hydroxylation is 1. The Morgan fingerprint density at radius 3 is 2.64 bits per heavy atom. The van der Waals surface area contributed by atoms with E-state index in [1.807, 2.05) is 11.8 Å². The second-order valence-corrected chi connectivity index (χ2v) is 10.2. The standard InChI is InChI=1S/C23H31N5O4S/c1-2-32-21(31)16-6-5-11-27(14-16)19(29)15-9-12-26(13-10-15)23-25-28-20(30)17-7-3-4-8-18(17)24-22(28)33-23/h15-16H,2-14H2,1H3/t16-/m0/s1. The first-order valence-electron chi connectivity index (χ1n) is 12.2. The molecule has 2 fully saturated rings. The van der Waals surface area contributed by atoms with Gasteiger partial charge >= 0.3 is 5.97 Å². The van der Waals surface area contributed by atoms with E-state index in [0.717, 1.165) is 80.8 Å². The van der Waals surface area contributed by atoms with Gasteiger partial charge in [-0.3, -0.25) is 14.4 Å². The van der Waals surface area contributed by atoms with Gasteiger partial charge in [-0.1, -0.05) is 11.3 Å². The molecule has 0 bridgehead atoms. The number of carbonyl (C=O) groups is 2. The van der Waals surface area contributed by atoms with Crippen molar-refractivity contribution in [2.75, 3.05) is 37.7 Å². The molecule has 0 radical (unpaired) electrons. The molecule has 10 heteroatoms. The molecule has 33 heavy (non-hydrogen) atoms. The topological polar surface area (TPSA) is 97.1 Å². The normalized spacial score (nSPS) is 21.8. The molecule has 0 spiro atoms. The largest absolute Gasteiger partial charge is 0.466 e. The fourth-order valence-corrected chi connectivity index (χ4v) is 6.26. The van der Waals surface area contributed by atoms with Crippen molar-refractivity contribution in [2.24, 2.45) is 11.8 Å². The van der Waals surface area contributed by atoms with Crippen molar-refractivity contribution < 1.29 is 14.3 Å². The van der Waals surface area contributed by atoms with Crippen LogP contribution in [0.25, 0.3) is 4.96 Å². The van der Waals surface area contributed by atoms with Crippen LogP contribution in [0.1, 0.15) is 56.7 Å². The molecule has 2 saturated heterocycles. The number of rotatable bonds is 4. The third kappa shape index (κ3) is 4.37. The van der Waals surface area contributed by atoms with Crippen LogP contribution in [-0.4, -0.2) is 64.2 Å². The van der Waals surface area contributed by atoms with Crippen molar-refractivity contribution in [3.8, 4) is 0 Å². The number of likely N-dealkylation sites (tertiary alicyclic amines) is 1. The molecule has 0 saturated carbocycles. The Morgan fingerprint density at radius 2 is 1.85 bits per heavy atom. The highest BCUT2D eigenvalue weighted by Gasteiger charge is 2.34. The monoisotopic (exact) mass is 473 g/mol. The molecular formula is C23H31N5O4S. The molecule has 5 rings (SSSR count). The average Bonchev–Trinajstić information content (AvgIpc) is 3.28. The smallest absolute Gasteiger partial charge is 0.310 e. The first-order chi connectivity index (χ1) is 16.0. The zero-order valence-electron chi connectivity index (χ0n) is 19.1. The summed E-state index contributed by atoms with van der Waals surface area (Å²) in [6.45, 7) is 4.81. The Labute approximate surface area is 196 Å². The fourth-order valence-electron chi connectivity index (χ4n) is 5.30. The lowest BCUT2D eigenvalue weighted by atomic mass is 9.92. The van der Waals surface area contributed by atoms with Crippen molar-refractivity contribution in [1.82, 2.24) is 19.5 Å². The third-order valence-corrected chi connectivity index (χ3v) is 8.11. The van der Waals surface area contributed by atoms with E-state index in [-0.39, 0.29) is 29.3 Å². The van der Waals surface area contributed by atoms with Crippen molar-refractivity contribution in [3.63, 3.8) is 0 Å². The second-order valence-electron chi connectivity index (χ2n) is 9.27. The van der Waals surface area contributed by atoms with Gasteiger partial charge < -0.3 is 14.5 Å². The predicted molar refractivity (Wildman–Crippen MR) is 125 cm³/mol. The van der Waals surface area contributed by atoms with Crippen molar-refractivity contribution in [3.05, 3.63) is 21.6 Å². The lowest BCUT2D eigenvalue weighted by Crippen LogP contribution is -2.47. The maximum atomic E-state index is 13.1. The van der Waals surface area contributed by atoms with Crippen LogP contribution in [0.15, 0.2) is 4.79 Å². The highest BCUT2D eigenvalue weighted by atomic mass is 32.1. The summed E-state index contributed by atoms with van der Waals surface area (Å²) in [7, 11) is 0. The van der Waals surface area contributed by atoms with Gasteiger partial charge in [0.15, 0.2) is 0 Å². The Hall–Kier alpha value is -2.49. The summed E-state index contributed by atoms with van der Waals surface area (Å²) in [6.07, 6.45) is 6.89. The average molecular weight is 474 g/mol. The van der Waals surface area contributed by atoms with E-state index >= 15 is 0 Å². The molecule has 0 N–H and O–H groups in total. The van der Waals surface area contributed by atoms with Crippen LogP contribution >= 0.6 is 11.3 Å². The number of anilines is 1. The molecule has 2 aliphatic heterocycles. The van der Waals surface area contributed by atoms with Crippen LogP contribution < -0.4 is 10.5 Å². The number of piperidine rings is 2. The second kappa shape index (κ2) is 9.40. The zero-order valence-corrected chi connectivity index (χ0v) is 19.9. The minimum Gasteiger partial charge on any atom is -0.466 e. The van der Waals surface area contributed by atoms with Gasteiger partial charge in [0, 0.05) is 37.7 Å². The number of carbonyl (C=O) groups excluding carboxylic acids is 2. The van der Waals surface area contributed by atoms with E-state index in [4.69, 9.17) is 9.72 Å². The van der Waals surface area contributed by atoms with E-state index in [0.29, 0.717) is 24.7 Å². The third-order valence-electron chi connectivity index (χ3n) is 7.14. The Kier molecular flexibility index (Phi) is 6.36. The molecule has 2 aromatic heterocycles. The van der Waals surface area contributed by atoms with Gasteiger partial charge in [0.2, 0.25) is 16.0 Å². The number of esters is 1. The van der Waals surface area contributed by atoms with E-state index in [1.165, 1.54) is 15.9 Å². The molecule has 0 unspecified atom stereocenters. The highest BCUT2D eigenvalue weighted by Crippen LogP contribution is 2.30. The van der Waals surface area contributed by atoms with Crippen molar-refractivity contribution in [1.29, 1.82) is 0 Å². The number of fused-ring (bicyclic) bond motifs is 2. The van der Waals surface area contributed by atoms with E-state index in [1.54, 1.807) is 0 Å². The minimum absolute atomic E-state index is 0.0245.